The van der Waals surface area contributed by atoms with E-state index in [4.69, 9.17) is 0 Å². The van der Waals surface area contributed by atoms with Crippen molar-refractivity contribution in [1.82, 2.24) is 0 Å². The van der Waals surface area contributed by atoms with Crippen LogP contribution < -0.4 is 4.90 Å². The molecule has 0 spiro atoms. The largest absolute Gasteiger partial charge is 0.309 e. The van der Waals surface area contributed by atoms with Gasteiger partial charge in [0, 0.05) is 11.3 Å². The lowest BCUT2D eigenvalue weighted by Gasteiger charge is -2.29. The predicted molar refractivity (Wildman–Crippen MR) is 129 cm³/mol. The number of benzene rings is 5. The lowest BCUT2D eigenvalue weighted by Crippen LogP contribution is -2.12. The highest BCUT2D eigenvalue weighted by Gasteiger charge is 2.20. The normalized spacial score (nSPS) is 10.5. The van der Waals surface area contributed by atoms with Crippen LogP contribution in [0.5, 0.6) is 0 Å². The molecule has 0 N–H and O–H groups in total. The van der Waals surface area contributed by atoms with Crippen molar-refractivity contribution >= 4 is 27.8 Å². The molecule has 31 heavy (non-hydrogen) atoms. The van der Waals surface area contributed by atoms with Gasteiger partial charge < -0.3 is 4.90 Å². The third kappa shape index (κ3) is 3.54. The molecular formula is C29H20N2. The summed E-state index contributed by atoms with van der Waals surface area (Å²) in [5, 5.41) is 12.2. The lowest BCUT2D eigenvalue weighted by molar-refractivity contribution is 1.27. The highest BCUT2D eigenvalue weighted by molar-refractivity contribution is 5.98. The zero-order chi connectivity index (χ0) is 21.0. The van der Waals surface area contributed by atoms with Crippen LogP contribution in [0.2, 0.25) is 0 Å². The van der Waals surface area contributed by atoms with Gasteiger partial charge in [-0.2, -0.15) is 5.26 Å². The maximum Gasteiger partial charge on any atom is 0.101 e. The van der Waals surface area contributed by atoms with Gasteiger partial charge in [-0.15, -0.1) is 0 Å². The van der Waals surface area contributed by atoms with Crippen molar-refractivity contribution in [2.24, 2.45) is 0 Å². The molecule has 146 valence electrons. The van der Waals surface area contributed by atoms with Gasteiger partial charge in [-0.1, -0.05) is 84.9 Å². The first-order valence-electron chi connectivity index (χ1n) is 10.3. The number of fused-ring (bicyclic) bond motifs is 1. The quantitative estimate of drug-likeness (QED) is 0.309. The number of hydrogen-bond donors (Lipinski definition) is 0. The summed E-state index contributed by atoms with van der Waals surface area (Å²) in [6.07, 6.45) is 0. The van der Waals surface area contributed by atoms with E-state index in [0.29, 0.717) is 5.56 Å². The van der Waals surface area contributed by atoms with Gasteiger partial charge in [-0.25, -0.2) is 0 Å². The van der Waals surface area contributed by atoms with Gasteiger partial charge in [0.15, 0.2) is 0 Å². The van der Waals surface area contributed by atoms with Crippen molar-refractivity contribution in [3.63, 3.8) is 0 Å². The molecule has 5 aromatic carbocycles. The van der Waals surface area contributed by atoms with Gasteiger partial charge in [0.2, 0.25) is 0 Å². The monoisotopic (exact) mass is 396 g/mol. The standard InChI is InChI=1S/C29H20N2/c30-21-25-15-9-10-18-28(25)31(26-16-5-2-6-17-26)29-20-24-14-8-7-13-23(24)19-27(29)22-11-3-1-4-12-22/h1-20H. The Labute approximate surface area is 182 Å². The zero-order valence-electron chi connectivity index (χ0n) is 16.9. The summed E-state index contributed by atoms with van der Waals surface area (Å²) in [7, 11) is 0. The number of hydrogen-bond acceptors (Lipinski definition) is 2. The van der Waals surface area contributed by atoms with Crippen molar-refractivity contribution < 1.29 is 0 Å². The van der Waals surface area contributed by atoms with Crippen LogP contribution in [0.25, 0.3) is 21.9 Å². The molecule has 0 atom stereocenters. The van der Waals surface area contributed by atoms with Crippen LogP contribution in [0.3, 0.4) is 0 Å². The molecule has 5 rings (SSSR count). The topological polar surface area (TPSA) is 27.0 Å². The Morgan fingerprint density at radius 2 is 1.13 bits per heavy atom. The van der Waals surface area contributed by atoms with Gasteiger partial charge in [0.25, 0.3) is 0 Å². The Morgan fingerprint density at radius 1 is 0.548 bits per heavy atom. The molecule has 2 heteroatoms. The molecule has 0 aliphatic carbocycles. The summed E-state index contributed by atoms with van der Waals surface area (Å²) in [4.78, 5) is 2.19. The molecule has 0 saturated heterocycles. The molecule has 0 aliphatic rings. The van der Waals surface area contributed by atoms with Crippen molar-refractivity contribution in [2.75, 3.05) is 4.90 Å². The van der Waals surface area contributed by atoms with Crippen LogP contribution in [0.15, 0.2) is 121 Å². The van der Waals surface area contributed by atoms with E-state index in [1.807, 2.05) is 48.5 Å². The number of nitrogens with zero attached hydrogens (tertiary/aromatic N) is 2. The van der Waals surface area contributed by atoms with Crippen molar-refractivity contribution in [2.45, 2.75) is 0 Å². The van der Waals surface area contributed by atoms with E-state index in [0.717, 1.165) is 33.6 Å². The molecule has 0 unspecified atom stereocenters. The first kappa shape index (κ1) is 18.7. The molecule has 0 heterocycles. The van der Waals surface area contributed by atoms with E-state index in [9.17, 15) is 5.26 Å². The molecule has 0 radical (unpaired) electrons. The summed E-state index contributed by atoms with van der Waals surface area (Å²) >= 11 is 0. The number of rotatable bonds is 4. The highest BCUT2D eigenvalue weighted by atomic mass is 15.1. The van der Waals surface area contributed by atoms with Gasteiger partial charge >= 0.3 is 0 Å². The number of nitriles is 1. The Bertz CT molecular complexity index is 1380. The minimum absolute atomic E-state index is 0.638. The first-order chi connectivity index (χ1) is 15.3. The Balaban J connectivity index is 1.86. The van der Waals surface area contributed by atoms with Crippen LogP contribution in [-0.2, 0) is 0 Å². The lowest BCUT2D eigenvalue weighted by atomic mass is 9.97. The maximum absolute atomic E-state index is 9.84. The maximum atomic E-state index is 9.84. The second-order valence-electron chi connectivity index (χ2n) is 7.38. The van der Waals surface area contributed by atoms with Crippen molar-refractivity contribution in [3.8, 4) is 17.2 Å². The molecule has 0 aromatic heterocycles. The molecule has 5 aromatic rings. The van der Waals surface area contributed by atoms with Crippen LogP contribution in [0.1, 0.15) is 5.56 Å². The third-order valence-corrected chi connectivity index (χ3v) is 5.47. The van der Waals surface area contributed by atoms with Crippen LogP contribution in [0.4, 0.5) is 17.1 Å². The summed E-state index contributed by atoms with van der Waals surface area (Å²) < 4.78 is 0. The highest BCUT2D eigenvalue weighted by Crippen LogP contribution is 2.43. The van der Waals surface area contributed by atoms with E-state index >= 15 is 0 Å². The Hall–Kier alpha value is -4.35. The van der Waals surface area contributed by atoms with Gasteiger partial charge in [0.05, 0.1) is 16.9 Å². The molecule has 0 amide bonds. The third-order valence-electron chi connectivity index (χ3n) is 5.47. The van der Waals surface area contributed by atoms with E-state index in [1.54, 1.807) is 0 Å². The first-order valence-corrected chi connectivity index (χ1v) is 10.3. The van der Waals surface area contributed by atoms with E-state index in [1.165, 1.54) is 5.39 Å². The van der Waals surface area contributed by atoms with Crippen molar-refractivity contribution in [3.05, 3.63) is 127 Å². The van der Waals surface area contributed by atoms with E-state index < -0.39 is 0 Å². The number of anilines is 3. The summed E-state index contributed by atoms with van der Waals surface area (Å²) in [5.74, 6) is 0. The smallest absolute Gasteiger partial charge is 0.101 e. The van der Waals surface area contributed by atoms with Gasteiger partial charge in [-0.3, -0.25) is 0 Å². The fourth-order valence-corrected chi connectivity index (χ4v) is 4.01. The van der Waals surface area contributed by atoms with Crippen LogP contribution in [0, 0.1) is 11.3 Å². The molecule has 0 saturated carbocycles. The second kappa shape index (κ2) is 8.18. The minimum atomic E-state index is 0.638. The summed E-state index contributed by atoms with van der Waals surface area (Å²) in [6.45, 7) is 0. The predicted octanol–water partition coefficient (Wildman–Crippen LogP) is 7.85. The summed E-state index contributed by atoms with van der Waals surface area (Å²) in [6, 6.07) is 43.6. The second-order valence-corrected chi connectivity index (χ2v) is 7.38. The molecule has 0 bridgehead atoms. The molecule has 2 nitrogen and oxygen atoms in total. The van der Waals surface area contributed by atoms with Gasteiger partial charge in [0.1, 0.15) is 6.07 Å². The Kier molecular flexibility index (Phi) is 4.92. The fourth-order valence-electron chi connectivity index (χ4n) is 4.01. The van der Waals surface area contributed by atoms with E-state index in [2.05, 4.69) is 83.8 Å². The minimum Gasteiger partial charge on any atom is -0.309 e. The molecule has 0 fully saturated rings. The summed E-state index contributed by atoms with van der Waals surface area (Å²) in [5.41, 5.74) is 5.81. The Morgan fingerprint density at radius 3 is 1.84 bits per heavy atom. The number of para-hydroxylation sites is 2. The van der Waals surface area contributed by atoms with Crippen molar-refractivity contribution in [1.29, 1.82) is 5.26 Å². The average molecular weight is 396 g/mol. The molecule has 0 aliphatic heterocycles. The fraction of sp³-hybridized carbons (Fsp3) is 0. The van der Waals surface area contributed by atoms with Gasteiger partial charge in [-0.05, 0) is 52.7 Å². The van der Waals surface area contributed by atoms with Crippen LogP contribution >= 0.6 is 0 Å². The zero-order valence-corrected chi connectivity index (χ0v) is 16.9. The van der Waals surface area contributed by atoms with Crippen LogP contribution in [-0.4, -0.2) is 0 Å². The van der Waals surface area contributed by atoms with E-state index in [-0.39, 0.29) is 0 Å². The SMILES string of the molecule is N#Cc1ccccc1N(c1ccccc1)c1cc2ccccc2cc1-c1ccccc1. The average Bonchev–Trinajstić information content (AvgIpc) is 2.85. The molecular weight excluding hydrogens is 376 g/mol.